The molecule has 0 atom stereocenters. The van der Waals surface area contributed by atoms with Crippen LogP contribution < -0.4 is 5.32 Å². The maximum absolute atomic E-state index is 15.2. The molecular weight excluding hydrogens is 1180 g/mol. The van der Waals surface area contributed by atoms with E-state index in [2.05, 4.69) is 98.4 Å². The predicted molar refractivity (Wildman–Crippen MR) is 355 cm³/mol. The number of aromatic nitrogens is 14. The second-order valence-electron chi connectivity index (χ2n) is 25.5. The molecule has 480 valence electrons. The summed E-state index contributed by atoms with van der Waals surface area (Å²) >= 11 is 0. The molecular formula is C71H78F3N17O2. The molecule has 3 fully saturated rings. The zero-order valence-electron chi connectivity index (χ0n) is 54.1. The van der Waals surface area contributed by atoms with Gasteiger partial charge in [-0.3, -0.25) is 4.98 Å². The van der Waals surface area contributed by atoms with E-state index in [-0.39, 0.29) is 35.9 Å². The van der Waals surface area contributed by atoms with Gasteiger partial charge in [0.1, 0.15) is 23.0 Å². The topological polar surface area (TPSA) is 215 Å². The van der Waals surface area contributed by atoms with Gasteiger partial charge < -0.3 is 24.6 Å². The third-order valence-electron chi connectivity index (χ3n) is 18.5. The van der Waals surface area contributed by atoms with Crippen LogP contribution in [-0.4, -0.2) is 144 Å². The highest BCUT2D eigenvalue weighted by Crippen LogP contribution is 2.36. The quantitative estimate of drug-likeness (QED) is 0.116. The van der Waals surface area contributed by atoms with Crippen LogP contribution in [0.5, 0.6) is 0 Å². The molecule has 2 N–H and O–H groups in total. The number of nitrogens with one attached hydrogen (secondary N) is 1. The second-order valence-corrected chi connectivity index (χ2v) is 25.5. The molecule has 93 heavy (non-hydrogen) atoms. The number of imidazole rings is 2. The minimum atomic E-state index is -0.366. The standard InChI is InChI=1S/C25H29FN6.C23H25FN6.C23H24FN5O2/c1-4-6-18-12-23(30-32-15-16(3)27-25(18)32)19-11-21(26)20-14-22(28-29-24(20)13-19)17-7-9-31(5-2)10-8-17;1-13(2)17-10-21(29-30-12-14(3)26-23(17)30)16-8-19(24)18-11-20(27-28-22(18)9-16)15-4-6-25-7-5-15;1-13-9-21-22(14(2)25-13)26-23(31-21)16-10-18(24)17-12-19(27-28-20(17)11-16)15-3-5-29(6-4-15)7-8-30/h11-15,17H,4-10H2,1-3H3;8-13,15,25H,4-7H2,1-3H3;9-12,15,30H,3-8H2,1-2H3. The fraction of sp³-hybridized carbons (Fsp3) is 0.408. The fourth-order valence-corrected chi connectivity index (χ4v) is 13.4. The summed E-state index contributed by atoms with van der Waals surface area (Å²) in [5.74, 6) is 0.615. The molecule has 3 aliphatic rings. The highest BCUT2D eigenvalue weighted by Gasteiger charge is 2.26. The van der Waals surface area contributed by atoms with Crippen LogP contribution in [0, 0.1) is 45.1 Å². The monoisotopic (exact) mass is 1260 g/mol. The van der Waals surface area contributed by atoms with Gasteiger partial charge in [0.2, 0.25) is 5.89 Å². The van der Waals surface area contributed by atoms with E-state index in [1.807, 2.05) is 88.6 Å². The molecule has 0 spiro atoms. The van der Waals surface area contributed by atoms with E-state index in [0.29, 0.717) is 90.5 Å². The molecule has 22 heteroatoms. The highest BCUT2D eigenvalue weighted by atomic mass is 19.1. The molecule has 12 heterocycles. The average molecular weight is 1260 g/mol. The number of hydrogen-bond donors (Lipinski definition) is 2. The molecule has 0 amide bonds. The number of oxazole rings is 1. The lowest BCUT2D eigenvalue weighted by molar-refractivity contribution is 0.163. The predicted octanol–water partition coefficient (Wildman–Crippen LogP) is 13.1. The first-order chi connectivity index (χ1) is 45.1. The van der Waals surface area contributed by atoms with Crippen LogP contribution >= 0.6 is 0 Å². The van der Waals surface area contributed by atoms with Gasteiger partial charge in [-0.1, -0.05) is 34.1 Å². The maximum Gasteiger partial charge on any atom is 0.227 e. The van der Waals surface area contributed by atoms with Crippen molar-refractivity contribution < 1.29 is 22.7 Å². The molecule has 0 saturated carbocycles. The minimum absolute atomic E-state index is 0.170. The Balaban J connectivity index is 0.000000127. The first kappa shape index (κ1) is 63.0. The number of halogens is 3. The third-order valence-corrected chi connectivity index (χ3v) is 18.5. The number of hydrogen-bond acceptors (Lipinski definition) is 17. The molecule has 0 aliphatic carbocycles. The maximum atomic E-state index is 15.2. The van der Waals surface area contributed by atoms with Gasteiger partial charge in [0.05, 0.1) is 81.1 Å². The lowest BCUT2D eigenvalue weighted by Crippen LogP contribution is -2.35. The number of benzene rings is 3. The van der Waals surface area contributed by atoms with Crippen molar-refractivity contribution in [3.8, 4) is 34.0 Å². The number of aliphatic hydroxyl groups excluding tert-OH is 1. The van der Waals surface area contributed by atoms with Crippen molar-refractivity contribution in [2.45, 2.75) is 130 Å². The SMILES string of the molecule is CCCc1cc(-c2cc(F)c3cc(C4CCN(CC)CC4)nnc3c2)nn2cc(C)nc12.Cc1cc2oc(-c3cc(F)c4cc(C5CCN(CCO)CC5)nnc4c3)nc2c(C)n1.Cc1cn2nc(-c3cc(F)c4cc(C5CCNCC5)nnc4c3)cc(C(C)C)c2n1. The van der Waals surface area contributed by atoms with Gasteiger partial charge in [0.15, 0.2) is 16.9 Å². The summed E-state index contributed by atoms with van der Waals surface area (Å²) in [6.45, 7) is 24.0. The van der Waals surface area contributed by atoms with Gasteiger partial charge >= 0.3 is 0 Å². The van der Waals surface area contributed by atoms with Crippen molar-refractivity contribution in [3.63, 3.8) is 0 Å². The Hall–Kier alpha value is -8.83. The number of rotatable bonds is 12. The normalized spacial score (nSPS) is 15.7. The minimum Gasteiger partial charge on any atom is -0.436 e. The van der Waals surface area contributed by atoms with E-state index in [0.717, 1.165) is 165 Å². The Kier molecular flexibility index (Phi) is 18.3. The number of nitrogens with zero attached hydrogens (tertiary/aromatic N) is 16. The summed E-state index contributed by atoms with van der Waals surface area (Å²) in [5, 5.41) is 49.8. The van der Waals surface area contributed by atoms with Crippen molar-refractivity contribution in [1.82, 2.24) is 84.9 Å². The summed E-state index contributed by atoms with van der Waals surface area (Å²) < 4.78 is 54.9. The molecule has 12 aromatic rings. The molecule has 3 saturated heterocycles. The van der Waals surface area contributed by atoms with Crippen LogP contribution in [0.25, 0.3) is 89.1 Å². The highest BCUT2D eigenvalue weighted by molar-refractivity contribution is 5.87. The van der Waals surface area contributed by atoms with Crippen LogP contribution in [0.15, 0.2) is 89.6 Å². The molecule has 19 nitrogen and oxygen atoms in total. The zero-order chi connectivity index (χ0) is 64.6. The Morgan fingerprint density at radius 3 is 1.57 bits per heavy atom. The Morgan fingerprint density at radius 1 is 0.548 bits per heavy atom. The van der Waals surface area contributed by atoms with E-state index in [4.69, 9.17) is 14.6 Å². The van der Waals surface area contributed by atoms with Gasteiger partial charge in [0, 0.05) is 74.5 Å². The third kappa shape index (κ3) is 13.4. The van der Waals surface area contributed by atoms with Crippen molar-refractivity contribution in [3.05, 3.63) is 154 Å². The van der Waals surface area contributed by atoms with Crippen LogP contribution in [0.4, 0.5) is 13.2 Å². The molecule has 0 radical (unpaired) electrons. The van der Waals surface area contributed by atoms with Crippen LogP contribution in [-0.2, 0) is 6.42 Å². The van der Waals surface area contributed by atoms with Crippen molar-refractivity contribution in [1.29, 1.82) is 0 Å². The van der Waals surface area contributed by atoms with Crippen molar-refractivity contribution in [2.75, 3.05) is 59.0 Å². The van der Waals surface area contributed by atoms with E-state index in [1.165, 1.54) is 6.07 Å². The van der Waals surface area contributed by atoms with Gasteiger partial charge in [0.25, 0.3) is 0 Å². The number of aryl methyl sites for hydroxylation is 5. The summed E-state index contributed by atoms with van der Waals surface area (Å²) in [6.07, 6.45) is 11.7. The lowest BCUT2D eigenvalue weighted by Gasteiger charge is -2.30. The van der Waals surface area contributed by atoms with Crippen LogP contribution in [0.3, 0.4) is 0 Å². The number of likely N-dealkylation sites (tertiary alicyclic amines) is 2. The Labute approximate surface area is 537 Å². The van der Waals surface area contributed by atoms with Gasteiger partial charge in [-0.05, 0) is 197 Å². The lowest BCUT2D eigenvalue weighted by atomic mass is 9.92. The largest absolute Gasteiger partial charge is 0.436 e. The summed E-state index contributed by atoms with van der Waals surface area (Å²) in [4.78, 5) is 22.8. The van der Waals surface area contributed by atoms with E-state index >= 15 is 13.2 Å². The van der Waals surface area contributed by atoms with Gasteiger partial charge in [-0.15, -0.1) is 0 Å². The second kappa shape index (κ2) is 27.0. The zero-order valence-corrected chi connectivity index (χ0v) is 54.1. The molecule has 3 aliphatic heterocycles. The number of piperidine rings is 3. The number of fused-ring (bicyclic) bond motifs is 6. The number of β-amino-alcohol motifs (C(OH)–C–C–N with tert-alkyl or cyclic N) is 1. The Bertz CT molecular complexity index is 4720. The van der Waals surface area contributed by atoms with Crippen LogP contribution in [0.2, 0.25) is 0 Å². The summed E-state index contributed by atoms with van der Waals surface area (Å²) in [5.41, 5.74) is 16.2. The molecule has 0 bridgehead atoms. The Morgan fingerprint density at radius 2 is 1.04 bits per heavy atom. The first-order valence-electron chi connectivity index (χ1n) is 32.7. The molecule has 9 aromatic heterocycles. The van der Waals surface area contributed by atoms with E-state index in [9.17, 15) is 0 Å². The van der Waals surface area contributed by atoms with Crippen molar-refractivity contribution in [2.24, 2.45) is 0 Å². The molecule has 3 aromatic carbocycles. The molecule has 0 unspecified atom stereocenters. The van der Waals surface area contributed by atoms with Gasteiger partial charge in [-0.25, -0.2) is 37.2 Å². The first-order valence-corrected chi connectivity index (χ1v) is 32.7. The van der Waals surface area contributed by atoms with E-state index in [1.54, 1.807) is 27.2 Å². The van der Waals surface area contributed by atoms with Gasteiger partial charge in [-0.2, -0.15) is 40.8 Å². The fourth-order valence-electron chi connectivity index (χ4n) is 13.4. The smallest absolute Gasteiger partial charge is 0.227 e. The number of pyridine rings is 1. The van der Waals surface area contributed by atoms with Crippen molar-refractivity contribution >= 4 is 55.1 Å². The van der Waals surface area contributed by atoms with E-state index < -0.39 is 0 Å². The molecule has 15 rings (SSSR count). The summed E-state index contributed by atoms with van der Waals surface area (Å²) in [7, 11) is 0. The summed E-state index contributed by atoms with van der Waals surface area (Å²) in [6, 6.07) is 21.5. The van der Waals surface area contributed by atoms with Crippen LogP contribution in [0.1, 0.15) is 147 Å². The average Bonchev–Trinajstić information content (AvgIpc) is 1.82. The number of aliphatic hydroxyl groups is 1.